The predicted molar refractivity (Wildman–Crippen MR) is 125 cm³/mol. The Balaban J connectivity index is 1.23. The number of allylic oxidation sites excluding steroid dienone is 1. The van der Waals surface area contributed by atoms with Crippen molar-refractivity contribution in [2.45, 2.75) is 103 Å². The number of aliphatic hydroxyl groups is 3. The van der Waals surface area contributed by atoms with E-state index in [0.717, 1.165) is 24.8 Å². The Hall–Kier alpha value is -0.720. The summed E-state index contributed by atoms with van der Waals surface area (Å²) in [4.78, 5) is 0. The molecule has 2 unspecified atom stereocenters. The van der Waals surface area contributed by atoms with Crippen LogP contribution < -0.4 is 0 Å². The third kappa shape index (κ3) is 3.29. The summed E-state index contributed by atoms with van der Waals surface area (Å²) in [5, 5.41) is 31.1. The molecule has 2 aliphatic heterocycles. The molecule has 3 saturated carbocycles. The molecule has 5 heteroatoms. The fourth-order valence-corrected chi connectivity index (χ4v) is 9.43. The van der Waals surface area contributed by atoms with Crippen LogP contribution >= 0.6 is 0 Å². The van der Waals surface area contributed by atoms with Crippen molar-refractivity contribution in [1.29, 1.82) is 0 Å². The van der Waals surface area contributed by atoms with Crippen molar-refractivity contribution in [2.24, 2.45) is 40.4 Å². The van der Waals surface area contributed by atoms with Gasteiger partial charge in [0.1, 0.15) is 6.10 Å². The second kappa shape index (κ2) is 7.89. The van der Waals surface area contributed by atoms with Crippen LogP contribution in [0, 0.1) is 40.4 Å². The van der Waals surface area contributed by atoms with Gasteiger partial charge in [0, 0.05) is 11.8 Å². The summed E-state index contributed by atoms with van der Waals surface area (Å²) < 4.78 is 12.1. The zero-order chi connectivity index (χ0) is 23.1. The minimum atomic E-state index is -0.431. The summed E-state index contributed by atoms with van der Waals surface area (Å²) in [5.41, 5.74) is 2.45. The largest absolute Gasteiger partial charge is 0.393 e. The van der Waals surface area contributed by atoms with Crippen molar-refractivity contribution in [3.05, 3.63) is 23.3 Å². The molecule has 0 aromatic rings. The normalized spacial score (nSPS) is 54.1. The quantitative estimate of drug-likeness (QED) is 0.440. The molecule has 33 heavy (non-hydrogen) atoms. The van der Waals surface area contributed by atoms with Crippen molar-refractivity contribution >= 4 is 0 Å². The zero-order valence-electron chi connectivity index (χ0n) is 20.5. The summed E-state index contributed by atoms with van der Waals surface area (Å²) in [5.74, 6) is 2.93. The van der Waals surface area contributed by atoms with E-state index in [0.29, 0.717) is 41.4 Å². The molecule has 4 fully saturated rings. The molecule has 1 saturated heterocycles. The van der Waals surface area contributed by atoms with Crippen molar-refractivity contribution in [3.63, 3.8) is 0 Å². The van der Waals surface area contributed by atoms with Crippen molar-refractivity contribution < 1.29 is 24.8 Å². The molecular weight excluding hydrogens is 416 g/mol. The molecular formula is C28H42O5. The van der Waals surface area contributed by atoms with Crippen LogP contribution in [0.25, 0.3) is 0 Å². The Kier molecular flexibility index (Phi) is 5.44. The van der Waals surface area contributed by atoms with Gasteiger partial charge >= 0.3 is 0 Å². The van der Waals surface area contributed by atoms with E-state index in [-0.39, 0.29) is 30.5 Å². The highest BCUT2D eigenvalue weighted by atomic mass is 16.8. The van der Waals surface area contributed by atoms with Gasteiger partial charge in [-0.15, -0.1) is 0 Å². The highest BCUT2D eigenvalue weighted by Crippen LogP contribution is 2.67. The van der Waals surface area contributed by atoms with Gasteiger partial charge in [-0.1, -0.05) is 38.5 Å². The SMILES string of the molecule is C[C@@H]([C@H]1CC[C@H]2[C@@H]3CC=C4C[C@@H](O)C[C@H](O)[C@]4(C)[C@H]3CC[C@]12C)[C@H]1CC=C(CO)C2OC2O1. The zero-order valence-corrected chi connectivity index (χ0v) is 20.5. The first-order valence-electron chi connectivity index (χ1n) is 13.4. The van der Waals surface area contributed by atoms with E-state index in [4.69, 9.17) is 9.47 Å². The Bertz CT molecular complexity index is 851. The van der Waals surface area contributed by atoms with E-state index in [1.807, 2.05) is 0 Å². The van der Waals surface area contributed by atoms with Crippen LogP contribution in [0.5, 0.6) is 0 Å². The molecule has 0 radical (unpaired) electrons. The van der Waals surface area contributed by atoms with Crippen LogP contribution in [-0.4, -0.2) is 52.6 Å². The number of hydrogen-bond donors (Lipinski definition) is 3. The van der Waals surface area contributed by atoms with E-state index >= 15 is 0 Å². The molecule has 5 nitrogen and oxygen atoms in total. The Morgan fingerprint density at radius 1 is 1.06 bits per heavy atom. The maximum Gasteiger partial charge on any atom is 0.189 e. The fourth-order valence-electron chi connectivity index (χ4n) is 9.43. The lowest BCUT2D eigenvalue weighted by molar-refractivity contribution is -0.116. The number of epoxide rings is 1. The van der Waals surface area contributed by atoms with Gasteiger partial charge in [0.15, 0.2) is 6.29 Å². The van der Waals surface area contributed by atoms with E-state index in [1.54, 1.807) is 0 Å². The van der Waals surface area contributed by atoms with Gasteiger partial charge in [-0.3, -0.25) is 0 Å². The van der Waals surface area contributed by atoms with Crippen LogP contribution in [0.2, 0.25) is 0 Å². The summed E-state index contributed by atoms with van der Waals surface area (Å²) in [6.07, 6.45) is 11.9. The van der Waals surface area contributed by atoms with E-state index in [1.165, 1.54) is 31.3 Å². The molecule has 4 aliphatic carbocycles. The first-order valence-corrected chi connectivity index (χ1v) is 13.4. The van der Waals surface area contributed by atoms with Gasteiger partial charge in [-0.2, -0.15) is 0 Å². The molecule has 0 aromatic carbocycles. The maximum atomic E-state index is 11.1. The van der Waals surface area contributed by atoms with Crippen LogP contribution in [0.3, 0.4) is 0 Å². The number of fused-ring (bicyclic) bond motifs is 6. The lowest BCUT2D eigenvalue weighted by Crippen LogP contribution is -2.56. The Labute approximate surface area is 198 Å². The molecule has 6 aliphatic rings. The lowest BCUT2D eigenvalue weighted by atomic mass is 9.46. The molecule has 12 atom stereocenters. The number of hydrogen-bond acceptors (Lipinski definition) is 5. The van der Waals surface area contributed by atoms with Crippen LogP contribution in [0.1, 0.15) is 72.1 Å². The predicted octanol–water partition coefficient (Wildman–Crippen LogP) is 3.97. The van der Waals surface area contributed by atoms with Gasteiger partial charge < -0.3 is 24.8 Å². The number of rotatable bonds is 3. The van der Waals surface area contributed by atoms with Gasteiger partial charge in [0.05, 0.1) is 24.9 Å². The fraction of sp³-hybridized carbons (Fsp3) is 0.857. The minimum Gasteiger partial charge on any atom is -0.393 e. The van der Waals surface area contributed by atoms with Gasteiger partial charge in [0.25, 0.3) is 0 Å². The first-order chi connectivity index (χ1) is 15.8. The van der Waals surface area contributed by atoms with Gasteiger partial charge in [-0.25, -0.2) is 0 Å². The molecule has 3 N–H and O–H groups in total. The molecule has 0 bridgehead atoms. The first kappa shape index (κ1) is 22.7. The van der Waals surface area contributed by atoms with E-state index in [9.17, 15) is 15.3 Å². The topological polar surface area (TPSA) is 82.5 Å². The van der Waals surface area contributed by atoms with Crippen LogP contribution in [-0.2, 0) is 9.47 Å². The third-order valence-corrected chi connectivity index (χ3v) is 11.4. The van der Waals surface area contributed by atoms with Gasteiger partial charge in [-0.05, 0) is 85.5 Å². The van der Waals surface area contributed by atoms with Gasteiger partial charge in [0.2, 0.25) is 0 Å². The Morgan fingerprint density at radius 3 is 2.67 bits per heavy atom. The van der Waals surface area contributed by atoms with Crippen molar-refractivity contribution in [3.8, 4) is 0 Å². The number of aliphatic hydroxyl groups excluding tert-OH is 3. The molecule has 2 heterocycles. The summed E-state index contributed by atoms with van der Waals surface area (Å²) in [7, 11) is 0. The lowest BCUT2D eigenvalue weighted by Gasteiger charge is -2.59. The number of ether oxygens (including phenoxy) is 2. The maximum absolute atomic E-state index is 11.1. The smallest absolute Gasteiger partial charge is 0.189 e. The monoisotopic (exact) mass is 458 g/mol. The minimum absolute atomic E-state index is 0.0287. The van der Waals surface area contributed by atoms with E-state index in [2.05, 4.69) is 32.9 Å². The molecule has 6 rings (SSSR count). The second-order valence-electron chi connectivity index (χ2n) is 12.6. The van der Waals surface area contributed by atoms with Crippen molar-refractivity contribution in [2.75, 3.05) is 6.61 Å². The third-order valence-electron chi connectivity index (χ3n) is 11.4. The Morgan fingerprint density at radius 2 is 1.88 bits per heavy atom. The molecule has 0 aromatic heterocycles. The van der Waals surface area contributed by atoms with E-state index < -0.39 is 12.2 Å². The van der Waals surface area contributed by atoms with Crippen molar-refractivity contribution in [1.82, 2.24) is 0 Å². The summed E-state index contributed by atoms with van der Waals surface area (Å²) in [6, 6.07) is 0. The van der Waals surface area contributed by atoms with Crippen LogP contribution in [0.15, 0.2) is 23.3 Å². The average molecular weight is 459 g/mol. The molecule has 184 valence electrons. The molecule has 0 amide bonds. The van der Waals surface area contributed by atoms with Crippen LogP contribution in [0.4, 0.5) is 0 Å². The highest BCUT2D eigenvalue weighted by molar-refractivity contribution is 5.28. The second-order valence-corrected chi connectivity index (χ2v) is 12.6. The summed E-state index contributed by atoms with van der Waals surface area (Å²) >= 11 is 0. The highest BCUT2D eigenvalue weighted by Gasteiger charge is 2.61. The molecule has 0 spiro atoms. The average Bonchev–Trinajstić information content (AvgIpc) is 3.47. The standard InChI is InChI=1S/C28H42O5/c1-15(23-9-4-16(14-29)25-26(32-23)33-25)20-7-8-21-19-6-5-17-12-18(30)13-24(31)28(17,3)22(19)10-11-27(20,21)2/h4-5,15,18-26,29-31H,6-14H2,1-3H3/t15-,18+,19-,20+,21-,22-,23+,24-,25?,26?,27+,28-/m0/s1. The summed E-state index contributed by atoms with van der Waals surface area (Å²) in [6.45, 7) is 7.29.